The van der Waals surface area contributed by atoms with Crippen molar-refractivity contribution in [3.05, 3.63) is 106 Å². The summed E-state index contributed by atoms with van der Waals surface area (Å²) in [6.45, 7) is 6.31. The van der Waals surface area contributed by atoms with Crippen LogP contribution in [0.5, 0.6) is 0 Å². The van der Waals surface area contributed by atoms with Crippen LogP contribution >= 0.6 is 0 Å². The first-order valence-electron chi connectivity index (χ1n) is 9.00. The molecule has 0 aromatic heterocycles. The van der Waals surface area contributed by atoms with Crippen molar-refractivity contribution in [3.63, 3.8) is 0 Å². The van der Waals surface area contributed by atoms with Crippen molar-refractivity contribution in [2.24, 2.45) is 0 Å². The average Bonchev–Trinajstić information content (AvgIpc) is 2.68. The highest BCUT2D eigenvalue weighted by atomic mass is 16.2. The van der Waals surface area contributed by atoms with Crippen molar-refractivity contribution in [1.29, 1.82) is 0 Å². The second-order valence-corrected chi connectivity index (χ2v) is 6.86. The fourth-order valence-electron chi connectivity index (χ4n) is 2.99. The summed E-state index contributed by atoms with van der Waals surface area (Å²) in [6.07, 6.45) is 0. The number of carbonyl (C=O) groups excluding carboxylic acids is 2. The molecule has 1 N–H and O–H groups in total. The van der Waals surface area contributed by atoms with E-state index in [9.17, 15) is 9.59 Å². The molecule has 0 spiro atoms. The van der Waals surface area contributed by atoms with Crippen LogP contribution in [0.3, 0.4) is 0 Å². The first-order chi connectivity index (χ1) is 13.0. The lowest BCUT2D eigenvalue weighted by Crippen LogP contribution is -2.25. The number of hydrogen-bond donors (Lipinski definition) is 1. The number of aryl methyl sites for hydroxylation is 3. The summed E-state index contributed by atoms with van der Waals surface area (Å²) in [5, 5.41) is 2.92. The van der Waals surface area contributed by atoms with E-state index in [0.717, 1.165) is 16.7 Å². The zero-order valence-electron chi connectivity index (χ0n) is 15.9. The summed E-state index contributed by atoms with van der Waals surface area (Å²) in [5.74, 6) is -0.373. The van der Waals surface area contributed by atoms with Gasteiger partial charge in [0.25, 0.3) is 5.91 Å². The van der Waals surface area contributed by atoms with E-state index in [2.05, 4.69) is 5.32 Å². The Balaban J connectivity index is 1.84. The maximum atomic E-state index is 13.1. The highest BCUT2D eigenvalue weighted by Crippen LogP contribution is 2.19. The monoisotopic (exact) mass is 357 g/mol. The van der Waals surface area contributed by atoms with Gasteiger partial charge in [-0.25, -0.2) is 0 Å². The van der Waals surface area contributed by atoms with E-state index in [1.54, 1.807) is 24.3 Å². The Bertz CT molecular complexity index is 988. The predicted molar refractivity (Wildman–Crippen MR) is 108 cm³/mol. The van der Waals surface area contributed by atoms with Gasteiger partial charge < -0.3 is 5.32 Å². The molecule has 0 bridgehead atoms. The van der Waals surface area contributed by atoms with E-state index >= 15 is 0 Å². The smallest absolute Gasteiger partial charge is 0.252 e. The second-order valence-electron chi connectivity index (χ2n) is 6.86. The zero-order valence-corrected chi connectivity index (χ0v) is 15.9. The molecule has 0 unspecified atom stereocenters. The van der Waals surface area contributed by atoms with Crippen LogP contribution in [0.4, 0.5) is 0 Å². The number of amides is 1. The maximum Gasteiger partial charge on any atom is 0.252 e. The van der Waals surface area contributed by atoms with Gasteiger partial charge in [-0.1, -0.05) is 65.7 Å². The summed E-state index contributed by atoms with van der Waals surface area (Å²) < 4.78 is 0. The maximum absolute atomic E-state index is 13.1. The van der Waals surface area contributed by atoms with Gasteiger partial charge in [-0.05, 0) is 44.0 Å². The number of ketones is 1. The highest BCUT2D eigenvalue weighted by molar-refractivity contribution is 6.15. The third-order valence-corrected chi connectivity index (χ3v) is 4.63. The number of rotatable bonds is 5. The van der Waals surface area contributed by atoms with Crippen molar-refractivity contribution < 1.29 is 9.59 Å². The van der Waals surface area contributed by atoms with E-state index in [0.29, 0.717) is 23.2 Å². The van der Waals surface area contributed by atoms with Crippen molar-refractivity contribution in [2.45, 2.75) is 27.3 Å². The summed E-state index contributed by atoms with van der Waals surface area (Å²) in [5.41, 5.74) is 5.57. The van der Waals surface area contributed by atoms with Gasteiger partial charge in [0.1, 0.15) is 0 Å². The van der Waals surface area contributed by atoms with Gasteiger partial charge >= 0.3 is 0 Å². The predicted octanol–water partition coefficient (Wildman–Crippen LogP) is 4.77. The Morgan fingerprint density at radius 1 is 0.741 bits per heavy atom. The molecule has 0 saturated heterocycles. The molecule has 3 nitrogen and oxygen atoms in total. The minimum Gasteiger partial charge on any atom is -0.348 e. The number of carbonyl (C=O) groups is 2. The molecule has 3 rings (SSSR count). The molecule has 1 amide bonds. The molecule has 136 valence electrons. The van der Waals surface area contributed by atoms with Crippen LogP contribution in [0.1, 0.15) is 48.5 Å². The van der Waals surface area contributed by atoms with Crippen molar-refractivity contribution >= 4 is 11.7 Å². The molecule has 3 aromatic rings. The van der Waals surface area contributed by atoms with E-state index in [4.69, 9.17) is 0 Å². The van der Waals surface area contributed by atoms with Crippen LogP contribution in [0, 0.1) is 20.8 Å². The molecule has 0 aliphatic heterocycles. The lowest BCUT2D eigenvalue weighted by molar-refractivity contribution is 0.0939. The number of nitrogens with one attached hydrogen (secondary N) is 1. The number of benzene rings is 3. The number of hydrogen-bond acceptors (Lipinski definition) is 2. The fourth-order valence-corrected chi connectivity index (χ4v) is 2.99. The van der Waals surface area contributed by atoms with Crippen molar-refractivity contribution in [1.82, 2.24) is 5.32 Å². The van der Waals surface area contributed by atoms with Gasteiger partial charge in [-0.15, -0.1) is 0 Å². The Kier molecular flexibility index (Phi) is 5.51. The molecular weight excluding hydrogens is 334 g/mol. The molecular formula is C24H23NO2. The normalized spacial score (nSPS) is 10.5. The van der Waals surface area contributed by atoms with E-state index in [1.807, 2.05) is 63.2 Å². The molecule has 27 heavy (non-hydrogen) atoms. The molecule has 0 saturated carbocycles. The van der Waals surface area contributed by atoms with Gasteiger partial charge in [0.05, 0.1) is 5.56 Å². The minimum absolute atomic E-state index is 0.128. The van der Waals surface area contributed by atoms with E-state index < -0.39 is 0 Å². The van der Waals surface area contributed by atoms with Crippen LogP contribution in [0.2, 0.25) is 0 Å². The molecule has 3 aromatic carbocycles. The standard InChI is InChI=1S/C24H23NO2/c1-16-9-12-19(13-10-16)15-25-24(27)21-7-5-4-6-20(21)23(26)22-14-17(2)8-11-18(22)3/h4-14H,15H2,1-3H3,(H,25,27). The van der Waals surface area contributed by atoms with Crippen molar-refractivity contribution in [2.75, 3.05) is 0 Å². The molecule has 0 aliphatic rings. The van der Waals surface area contributed by atoms with Gasteiger partial charge in [-0.2, -0.15) is 0 Å². The molecule has 0 heterocycles. The zero-order chi connectivity index (χ0) is 19.4. The Morgan fingerprint density at radius 2 is 1.37 bits per heavy atom. The van der Waals surface area contributed by atoms with E-state index in [1.165, 1.54) is 5.56 Å². The Labute approximate surface area is 160 Å². The van der Waals surface area contributed by atoms with Crippen LogP contribution in [0.25, 0.3) is 0 Å². The van der Waals surface area contributed by atoms with Gasteiger partial charge in [0, 0.05) is 17.7 Å². The van der Waals surface area contributed by atoms with Crippen LogP contribution < -0.4 is 5.32 Å². The molecule has 0 radical (unpaired) electrons. The third-order valence-electron chi connectivity index (χ3n) is 4.63. The topological polar surface area (TPSA) is 46.2 Å². The molecule has 0 fully saturated rings. The van der Waals surface area contributed by atoms with Crippen LogP contribution in [-0.4, -0.2) is 11.7 Å². The van der Waals surface area contributed by atoms with Crippen molar-refractivity contribution in [3.8, 4) is 0 Å². The molecule has 3 heteroatoms. The van der Waals surface area contributed by atoms with E-state index in [-0.39, 0.29) is 11.7 Å². The SMILES string of the molecule is Cc1ccc(CNC(=O)c2ccccc2C(=O)c2cc(C)ccc2C)cc1. The summed E-state index contributed by atoms with van der Waals surface area (Å²) >= 11 is 0. The lowest BCUT2D eigenvalue weighted by Gasteiger charge is -2.12. The molecule has 0 atom stereocenters. The van der Waals surface area contributed by atoms with Gasteiger partial charge in [0.2, 0.25) is 0 Å². The largest absolute Gasteiger partial charge is 0.348 e. The quantitative estimate of drug-likeness (QED) is 0.669. The third kappa shape index (κ3) is 4.32. The van der Waals surface area contributed by atoms with Crippen LogP contribution in [-0.2, 0) is 6.54 Å². The first-order valence-corrected chi connectivity index (χ1v) is 9.00. The molecule has 0 aliphatic carbocycles. The van der Waals surface area contributed by atoms with Gasteiger partial charge in [-0.3, -0.25) is 9.59 Å². The Hall–Kier alpha value is -3.20. The first kappa shape index (κ1) is 18.6. The highest BCUT2D eigenvalue weighted by Gasteiger charge is 2.19. The lowest BCUT2D eigenvalue weighted by atomic mass is 9.94. The summed E-state index contributed by atoms with van der Waals surface area (Å²) in [6, 6.07) is 20.8. The average molecular weight is 357 g/mol. The second kappa shape index (κ2) is 8.00. The summed E-state index contributed by atoms with van der Waals surface area (Å²) in [4.78, 5) is 25.8. The fraction of sp³-hybridized carbons (Fsp3) is 0.167. The van der Waals surface area contributed by atoms with Gasteiger partial charge in [0.15, 0.2) is 5.78 Å². The van der Waals surface area contributed by atoms with Crippen LogP contribution in [0.15, 0.2) is 66.7 Å². The summed E-state index contributed by atoms with van der Waals surface area (Å²) in [7, 11) is 0. The Morgan fingerprint density at radius 3 is 2.07 bits per heavy atom. The minimum atomic E-state index is -0.246.